The summed E-state index contributed by atoms with van der Waals surface area (Å²) >= 11 is 5.88. The lowest BCUT2D eigenvalue weighted by atomic mass is 9.85. The summed E-state index contributed by atoms with van der Waals surface area (Å²) in [5.41, 5.74) is 1.10. The van der Waals surface area contributed by atoms with E-state index in [1.54, 1.807) is 12.1 Å². The highest BCUT2D eigenvalue weighted by atomic mass is 35.5. The number of nitrogens with one attached hydrogen (secondary N) is 1. The van der Waals surface area contributed by atoms with Crippen molar-refractivity contribution in [2.24, 2.45) is 0 Å². The van der Waals surface area contributed by atoms with Gasteiger partial charge in [0.25, 0.3) is 5.91 Å². The van der Waals surface area contributed by atoms with Crippen LogP contribution in [0.2, 0.25) is 5.02 Å². The zero-order valence-electron chi connectivity index (χ0n) is 15.6. The predicted molar refractivity (Wildman–Crippen MR) is 102 cm³/mol. The van der Waals surface area contributed by atoms with Crippen LogP contribution < -0.4 is 5.32 Å². The Kier molecular flexibility index (Phi) is 5.40. The molecular weight excluding hydrogens is 385 g/mol. The lowest BCUT2D eigenvalue weighted by Crippen LogP contribution is -2.43. The molecule has 2 aliphatic rings. The minimum atomic E-state index is -0.708. The number of benzene rings is 1. The summed E-state index contributed by atoms with van der Waals surface area (Å²) in [6.07, 6.45) is 3.92. The molecule has 2 N–H and O–H groups in total. The Morgan fingerprint density at radius 2 is 2.21 bits per heavy atom. The molecule has 1 aromatic carbocycles. The van der Waals surface area contributed by atoms with Crippen molar-refractivity contribution in [1.29, 1.82) is 0 Å². The van der Waals surface area contributed by atoms with Gasteiger partial charge in [0.1, 0.15) is 12.1 Å². The lowest BCUT2D eigenvalue weighted by molar-refractivity contribution is 0.0883. The summed E-state index contributed by atoms with van der Waals surface area (Å²) in [6.45, 7) is 2.83. The molecule has 1 aliphatic heterocycles. The van der Waals surface area contributed by atoms with Gasteiger partial charge in [0, 0.05) is 25.0 Å². The molecule has 6 nitrogen and oxygen atoms in total. The first kappa shape index (κ1) is 19.4. The number of aliphatic hydroxyl groups excluding tert-OH is 1. The molecule has 1 amide bonds. The number of likely N-dealkylation sites (tertiary alicyclic amines) is 1. The van der Waals surface area contributed by atoms with Crippen molar-refractivity contribution in [3.8, 4) is 0 Å². The van der Waals surface area contributed by atoms with Crippen LogP contribution in [0.3, 0.4) is 0 Å². The molecule has 2 heterocycles. The van der Waals surface area contributed by atoms with Crippen LogP contribution >= 0.6 is 11.6 Å². The third-order valence-corrected chi connectivity index (χ3v) is 6.11. The maximum Gasteiger partial charge on any atom is 0.273 e. The fourth-order valence-electron chi connectivity index (χ4n) is 3.73. The Morgan fingerprint density at radius 3 is 2.89 bits per heavy atom. The number of β-amino-alcohol motifs (C(OH)–C–C–N with tert-alkyl or cyclic N) is 1. The van der Waals surface area contributed by atoms with Gasteiger partial charge in [-0.2, -0.15) is 0 Å². The number of aromatic nitrogens is 1. The first-order chi connectivity index (χ1) is 13.4. The normalized spacial score (nSPS) is 24.1. The van der Waals surface area contributed by atoms with Crippen LogP contribution in [-0.2, 0) is 0 Å². The molecule has 4 rings (SSSR count). The van der Waals surface area contributed by atoms with E-state index in [4.69, 9.17) is 16.0 Å². The summed E-state index contributed by atoms with van der Waals surface area (Å²) in [7, 11) is 0. The van der Waals surface area contributed by atoms with Crippen LogP contribution in [0.5, 0.6) is 0 Å². The van der Waals surface area contributed by atoms with Crippen molar-refractivity contribution < 1.29 is 18.7 Å². The van der Waals surface area contributed by atoms with Gasteiger partial charge in [-0.05, 0) is 37.5 Å². The fraction of sp³-hybridized carbons (Fsp3) is 0.500. The van der Waals surface area contributed by atoms with Gasteiger partial charge in [-0.15, -0.1) is 0 Å². The molecule has 1 unspecified atom stereocenters. The van der Waals surface area contributed by atoms with E-state index in [1.807, 2.05) is 11.8 Å². The van der Waals surface area contributed by atoms with Crippen LogP contribution in [0.25, 0.3) is 0 Å². The van der Waals surface area contributed by atoms with Crippen molar-refractivity contribution in [2.75, 3.05) is 13.1 Å². The number of carbonyl (C=O) groups excluding carboxylic acids is 1. The second-order valence-electron chi connectivity index (χ2n) is 7.65. The molecule has 0 radical (unpaired) electrons. The largest absolute Gasteiger partial charge is 0.448 e. The molecule has 2 aromatic rings. The number of rotatable bonds is 5. The number of hydrogen-bond donors (Lipinski definition) is 2. The summed E-state index contributed by atoms with van der Waals surface area (Å²) in [5.74, 6) is 0.125. The highest BCUT2D eigenvalue weighted by molar-refractivity contribution is 6.30. The topological polar surface area (TPSA) is 78.6 Å². The molecule has 1 saturated heterocycles. The molecular formula is C20H23ClFN3O3. The number of carbonyl (C=O) groups is 1. The third-order valence-electron chi connectivity index (χ3n) is 5.82. The van der Waals surface area contributed by atoms with Gasteiger partial charge in [0.15, 0.2) is 11.6 Å². The van der Waals surface area contributed by atoms with Gasteiger partial charge in [0.05, 0.1) is 17.2 Å². The van der Waals surface area contributed by atoms with Crippen LogP contribution in [0, 0.1) is 5.82 Å². The van der Waals surface area contributed by atoms with E-state index in [0.717, 1.165) is 24.8 Å². The van der Waals surface area contributed by atoms with Gasteiger partial charge in [-0.25, -0.2) is 9.37 Å². The maximum absolute atomic E-state index is 13.4. The van der Waals surface area contributed by atoms with E-state index < -0.39 is 18.0 Å². The Bertz CT molecular complexity index is 870. The molecule has 2 fully saturated rings. The first-order valence-electron chi connectivity index (χ1n) is 9.55. The maximum atomic E-state index is 13.4. The van der Waals surface area contributed by atoms with E-state index >= 15 is 0 Å². The average molecular weight is 408 g/mol. The molecule has 0 bridgehead atoms. The zero-order valence-corrected chi connectivity index (χ0v) is 16.3. The number of aliphatic hydroxyl groups is 1. The number of nitrogens with zero attached hydrogens (tertiary/aromatic N) is 2. The number of oxazole rings is 1. The first-order valence-corrected chi connectivity index (χ1v) is 9.93. The molecule has 1 aliphatic carbocycles. The van der Waals surface area contributed by atoms with Crippen molar-refractivity contribution in [1.82, 2.24) is 15.2 Å². The highest BCUT2D eigenvalue weighted by Gasteiger charge is 2.36. The SMILES string of the molecule is CC(c1ccc(F)c(Cl)c1)N1C[C@@H](O)[C@H](NC(=O)c2coc(C3CCC3)n2)C1. The Morgan fingerprint density at radius 1 is 1.43 bits per heavy atom. The highest BCUT2D eigenvalue weighted by Crippen LogP contribution is 2.35. The fourth-order valence-corrected chi connectivity index (χ4v) is 3.92. The zero-order chi connectivity index (χ0) is 19.8. The van der Waals surface area contributed by atoms with Crippen LogP contribution in [-0.4, -0.2) is 46.1 Å². The van der Waals surface area contributed by atoms with Crippen LogP contribution in [0.4, 0.5) is 4.39 Å². The average Bonchev–Trinajstić information content (AvgIpc) is 3.23. The van der Waals surface area contributed by atoms with Gasteiger partial charge < -0.3 is 14.8 Å². The Labute approximate surface area is 167 Å². The summed E-state index contributed by atoms with van der Waals surface area (Å²) in [6, 6.07) is 4.12. The molecule has 150 valence electrons. The number of halogens is 2. The summed E-state index contributed by atoms with van der Waals surface area (Å²) in [4.78, 5) is 18.8. The van der Waals surface area contributed by atoms with Gasteiger partial charge >= 0.3 is 0 Å². The summed E-state index contributed by atoms with van der Waals surface area (Å²) in [5, 5.41) is 13.3. The third kappa shape index (κ3) is 3.79. The van der Waals surface area contributed by atoms with Gasteiger partial charge in [0.2, 0.25) is 0 Å². The van der Waals surface area contributed by atoms with E-state index in [2.05, 4.69) is 10.3 Å². The smallest absolute Gasteiger partial charge is 0.273 e. The van der Waals surface area contributed by atoms with Gasteiger partial charge in [-0.1, -0.05) is 24.1 Å². The van der Waals surface area contributed by atoms with E-state index in [-0.39, 0.29) is 22.7 Å². The van der Waals surface area contributed by atoms with Crippen molar-refractivity contribution in [3.05, 3.63) is 52.5 Å². The number of amides is 1. The second kappa shape index (κ2) is 7.81. The van der Waals surface area contributed by atoms with Crippen molar-refractivity contribution in [3.63, 3.8) is 0 Å². The summed E-state index contributed by atoms with van der Waals surface area (Å²) < 4.78 is 18.8. The quantitative estimate of drug-likeness (QED) is 0.795. The minimum absolute atomic E-state index is 0.0715. The lowest BCUT2D eigenvalue weighted by Gasteiger charge is -2.24. The van der Waals surface area contributed by atoms with Crippen molar-refractivity contribution in [2.45, 2.75) is 50.3 Å². The van der Waals surface area contributed by atoms with Crippen LogP contribution in [0.15, 0.2) is 28.9 Å². The van der Waals surface area contributed by atoms with Crippen molar-refractivity contribution >= 4 is 17.5 Å². The Balaban J connectivity index is 1.38. The molecule has 3 atom stereocenters. The predicted octanol–water partition coefficient (Wildman–Crippen LogP) is 3.27. The van der Waals surface area contributed by atoms with Crippen LogP contribution in [0.1, 0.15) is 60.1 Å². The molecule has 8 heteroatoms. The standard InChI is InChI=1S/C20H23ClFN3O3/c1-11(13-5-6-15(22)14(21)7-13)25-8-16(18(26)9-25)23-19(27)17-10-28-20(24-17)12-3-2-4-12/h5-7,10-12,16,18,26H,2-4,8-9H2,1H3,(H,23,27)/t11?,16-,18-/m1/s1. The molecule has 1 saturated carbocycles. The minimum Gasteiger partial charge on any atom is -0.448 e. The molecule has 1 aromatic heterocycles. The monoisotopic (exact) mass is 407 g/mol. The van der Waals surface area contributed by atoms with E-state index in [9.17, 15) is 14.3 Å². The Hall–Kier alpha value is -1.96. The van der Waals surface area contributed by atoms with Gasteiger partial charge in [-0.3, -0.25) is 9.69 Å². The van der Waals surface area contributed by atoms with E-state index in [0.29, 0.717) is 24.9 Å². The second-order valence-corrected chi connectivity index (χ2v) is 8.06. The number of hydrogen-bond acceptors (Lipinski definition) is 5. The van der Waals surface area contributed by atoms with E-state index in [1.165, 1.54) is 12.3 Å². The molecule has 28 heavy (non-hydrogen) atoms. The molecule has 0 spiro atoms.